The molecule has 0 spiro atoms. The Balaban J connectivity index is 1.53. The molecule has 0 aromatic rings. The Hall–Kier alpha value is -0.890. The average Bonchev–Trinajstić information content (AvgIpc) is 3.31. The Morgan fingerprint density at radius 3 is 2.58 bits per heavy atom. The summed E-state index contributed by atoms with van der Waals surface area (Å²) in [5.41, 5.74) is 13.5. The van der Waals surface area contributed by atoms with E-state index in [0.29, 0.717) is 32.6 Å². The Morgan fingerprint density at radius 1 is 1.22 bits per heavy atom. The van der Waals surface area contributed by atoms with Crippen molar-refractivity contribution >= 4 is 33.1 Å². The topological polar surface area (TPSA) is 146 Å². The first-order chi connectivity index (χ1) is 17.1. The minimum Gasteiger partial charge on any atom is -0.350 e. The van der Waals surface area contributed by atoms with Gasteiger partial charge >= 0.3 is 0 Å². The standard InChI is InChI=1S/C23H41ClFN7O3S/c1-36(34,35)16-7-8-31(13-16)20-17(24)10-28-11-18(20)30-23(33)19(21(26)27)22-29-9-14(25)12-32(22)15-5-3-2-4-6-15/h14,16-22,28-29H,2-13,26-27H2,1H3/p+1. The van der Waals surface area contributed by atoms with Crippen LogP contribution in [0.1, 0.15) is 38.5 Å². The van der Waals surface area contributed by atoms with Gasteiger partial charge in [-0.3, -0.25) is 15.0 Å². The summed E-state index contributed by atoms with van der Waals surface area (Å²) in [5, 5.41) is 8.87. The monoisotopic (exact) mass is 550 g/mol. The molecule has 36 heavy (non-hydrogen) atoms. The molecule has 0 radical (unpaired) electrons. The molecule has 1 saturated carbocycles. The van der Waals surface area contributed by atoms with E-state index in [9.17, 15) is 17.6 Å². The summed E-state index contributed by atoms with van der Waals surface area (Å²) < 4.78 is 40.7. The molecule has 4 rings (SSSR count). The van der Waals surface area contributed by atoms with Crippen molar-refractivity contribution in [1.29, 1.82) is 0 Å². The van der Waals surface area contributed by atoms with Crippen molar-refractivity contribution in [2.24, 2.45) is 17.4 Å². The predicted octanol–water partition coefficient (Wildman–Crippen LogP) is -1.29. The lowest BCUT2D eigenvalue weighted by Gasteiger charge is -2.42. The van der Waals surface area contributed by atoms with Gasteiger partial charge in [0.15, 0.2) is 28.3 Å². The van der Waals surface area contributed by atoms with E-state index in [0.717, 1.165) is 37.8 Å². The number of likely N-dealkylation sites (tertiary alicyclic amines) is 1. The molecule has 4 fully saturated rings. The molecule has 206 valence electrons. The highest BCUT2D eigenvalue weighted by Crippen LogP contribution is 2.26. The summed E-state index contributed by atoms with van der Waals surface area (Å²) >= 11 is 6.71. The van der Waals surface area contributed by atoms with Gasteiger partial charge in [-0.15, -0.1) is 11.6 Å². The minimum absolute atomic E-state index is 0.142. The van der Waals surface area contributed by atoms with Crippen LogP contribution in [0.3, 0.4) is 0 Å². The number of sulfone groups is 1. The molecular weight excluding hydrogens is 509 g/mol. The van der Waals surface area contributed by atoms with E-state index in [-0.39, 0.29) is 36.5 Å². The summed E-state index contributed by atoms with van der Waals surface area (Å²) in [6, 6.07) is -0.571. The lowest BCUT2D eigenvalue weighted by atomic mass is 9.93. The van der Waals surface area contributed by atoms with Crippen molar-refractivity contribution in [3.8, 4) is 0 Å². The van der Waals surface area contributed by atoms with Gasteiger partial charge in [0.25, 0.3) is 0 Å². The first-order valence-electron chi connectivity index (χ1n) is 13.1. The van der Waals surface area contributed by atoms with Crippen LogP contribution in [0, 0.1) is 5.92 Å². The number of piperidine rings is 1. The van der Waals surface area contributed by atoms with Crippen LogP contribution >= 0.6 is 11.6 Å². The molecular formula is C23H42ClFN7O3S+. The summed E-state index contributed by atoms with van der Waals surface area (Å²) in [4.78, 5) is 15.8. The smallest absolute Gasteiger partial charge is 0.234 e. The van der Waals surface area contributed by atoms with Crippen LogP contribution < -0.4 is 27.4 Å². The van der Waals surface area contributed by atoms with E-state index in [1.54, 1.807) is 0 Å². The number of hydrogen-bond acceptors (Lipinski definition) is 8. The van der Waals surface area contributed by atoms with Crippen LogP contribution in [0.5, 0.6) is 0 Å². The highest BCUT2D eigenvalue weighted by molar-refractivity contribution is 7.91. The van der Waals surface area contributed by atoms with Crippen molar-refractivity contribution in [2.75, 3.05) is 45.5 Å². The third-order valence-corrected chi connectivity index (χ3v) is 10.2. The normalized spacial score (nSPS) is 35.7. The van der Waals surface area contributed by atoms with Crippen LogP contribution in [-0.4, -0.2) is 116 Å². The number of rotatable bonds is 6. The van der Waals surface area contributed by atoms with E-state index < -0.39 is 39.5 Å². The van der Waals surface area contributed by atoms with Gasteiger partial charge < -0.3 is 22.1 Å². The maximum absolute atomic E-state index is 14.4. The number of amides is 1. The summed E-state index contributed by atoms with van der Waals surface area (Å²) in [7, 11) is -3.16. The molecule has 3 heterocycles. The first kappa shape index (κ1) is 28.1. The third-order valence-electron chi connectivity index (χ3n) is 8.19. The highest BCUT2D eigenvalue weighted by Gasteiger charge is 2.47. The molecule has 10 nitrogen and oxygen atoms in total. The zero-order valence-corrected chi connectivity index (χ0v) is 22.6. The molecule has 3 aliphatic heterocycles. The molecule has 0 bridgehead atoms. The Kier molecular flexibility index (Phi) is 9.28. The van der Waals surface area contributed by atoms with E-state index in [1.165, 1.54) is 6.26 Å². The van der Waals surface area contributed by atoms with Crippen molar-refractivity contribution in [1.82, 2.24) is 20.9 Å². The van der Waals surface area contributed by atoms with Gasteiger partial charge in [0.05, 0.1) is 22.8 Å². The highest BCUT2D eigenvalue weighted by atomic mass is 35.5. The van der Waals surface area contributed by atoms with Crippen molar-refractivity contribution in [3.05, 3.63) is 0 Å². The average molecular weight is 551 g/mol. The molecule has 3 saturated heterocycles. The van der Waals surface area contributed by atoms with E-state index >= 15 is 0 Å². The Labute approximate surface area is 218 Å². The first-order valence-corrected chi connectivity index (χ1v) is 15.5. The molecule has 0 aromatic heterocycles. The third kappa shape index (κ3) is 6.39. The van der Waals surface area contributed by atoms with Crippen LogP contribution in [-0.2, 0) is 14.6 Å². The fourth-order valence-corrected chi connectivity index (χ4v) is 7.76. The predicted molar refractivity (Wildman–Crippen MR) is 139 cm³/mol. The number of nitrogens with zero attached hydrogens (tertiary/aromatic N) is 2. The summed E-state index contributed by atoms with van der Waals surface area (Å²) in [6.07, 6.45) is 4.38. The zero-order chi connectivity index (χ0) is 26.0. The largest absolute Gasteiger partial charge is 0.350 e. The number of alkyl halides is 2. The molecule has 0 aromatic carbocycles. The van der Waals surface area contributed by atoms with E-state index in [2.05, 4.69) is 20.9 Å². The number of halogens is 2. The van der Waals surface area contributed by atoms with E-state index in [1.807, 2.05) is 4.58 Å². The maximum Gasteiger partial charge on any atom is 0.234 e. The summed E-state index contributed by atoms with van der Waals surface area (Å²) in [5.74, 6) is -1.10. The molecule has 7 unspecified atom stereocenters. The van der Waals surface area contributed by atoms with Crippen LogP contribution in [0.4, 0.5) is 4.39 Å². The molecule has 4 aliphatic rings. The van der Waals surface area contributed by atoms with Gasteiger partial charge in [-0.05, 0) is 25.8 Å². The Morgan fingerprint density at radius 2 is 1.94 bits per heavy atom. The molecule has 13 heteroatoms. The zero-order valence-electron chi connectivity index (χ0n) is 21.0. The second kappa shape index (κ2) is 11.9. The maximum atomic E-state index is 14.4. The lowest BCUT2D eigenvalue weighted by molar-refractivity contribution is -0.596. The number of nitrogens with one attached hydrogen (secondary N) is 3. The quantitative estimate of drug-likeness (QED) is 0.156. The lowest BCUT2D eigenvalue weighted by Crippen LogP contribution is -2.68. The van der Waals surface area contributed by atoms with Gasteiger partial charge in [-0.1, -0.05) is 6.42 Å². The minimum atomic E-state index is -3.16. The second-order valence-corrected chi connectivity index (χ2v) is 13.7. The number of hydrogen-bond donors (Lipinski definition) is 5. The van der Waals surface area contributed by atoms with Gasteiger partial charge in [0.2, 0.25) is 12.1 Å². The van der Waals surface area contributed by atoms with Crippen molar-refractivity contribution in [3.63, 3.8) is 0 Å². The fraction of sp³-hybridized carbons (Fsp3) is 0.913. The molecule has 7 atom stereocenters. The van der Waals surface area contributed by atoms with Crippen molar-refractivity contribution in [2.45, 2.75) is 79.7 Å². The molecule has 7 N–H and O–H groups in total. The van der Waals surface area contributed by atoms with Crippen molar-refractivity contribution < 1.29 is 22.2 Å². The second-order valence-electron chi connectivity index (χ2n) is 10.8. The number of carbonyl (C=O) groups excluding carboxylic acids is 1. The van der Waals surface area contributed by atoms with Gasteiger partial charge in [0, 0.05) is 51.3 Å². The van der Waals surface area contributed by atoms with Gasteiger partial charge in [-0.25, -0.2) is 17.4 Å². The van der Waals surface area contributed by atoms with Gasteiger partial charge in [-0.2, -0.15) is 0 Å². The van der Waals surface area contributed by atoms with Crippen LogP contribution in [0.2, 0.25) is 0 Å². The molecule has 1 aliphatic carbocycles. The fourth-order valence-electron chi connectivity index (χ4n) is 6.32. The molecule has 1 amide bonds. The van der Waals surface area contributed by atoms with Crippen LogP contribution in [0.25, 0.3) is 0 Å². The number of nitrogens with two attached hydrogens (primary N) is 2. The van der Waals surface area contributed by atoms with E-state index in [4.69, 9.17) is 23.1 Å². The SMILES string of the molecule is CS(=O)(=O)C1CCN(C2C(Cl)CNCC2NC(=O)C(C(N)N)C2NCC(F)C[N+]2=C2CCCCC2)C1. The van der Waals surface area contributed by atoms with Gasteiger partial charge in [0.1, 0.15) is 5.92 Å². The Bertz CT molecular complexity index is 929. The number of carbonyl (C=O) groups is 1. The van der Waals surface area contributed by atoms with Crippen LogP contribution in [0.15, 0.2) is 0 Å². The summed E-state index contributed by atoms with van der Waals surface area (Å²) in [6.45, 7) is 2.42.